The van der Waals surface area contributed by atoms with E-state index in [1.54, 1.807) is 30.3 Å². The lowest BCUT2D eigenvalue weighted by Crippen LogP contribution is -2.29. The van der Waals surface area contributed by atoms with Crippen LogP contribution in [-0.2, 0) is 6.54 Å². The van der Waals surface area contributed by atoms with Gasteiger partial charge in [-0.05, 0) is 24.3 Å². The minimum atomic E-state index is -0.289. The highest BCUT2D eigenvalue weighted by Gasteiger charge is 2.35. The fraction of sp³-hybridized carbons (Fsp3) is 0.0625. The summed E-state index contributed by atoms with van der Waals surface area (Å²) in [4.78, 5) is 25.8. The highest BCUT2D eigenvalue weighted by molar-refractivity contribution is 6.21. The number of nitrogens with zero attached hydrogens (tertiary/aromatic N) is 2. The average Bonchev–Trinajstić information content (AvgIpc) is 3.04. The van der Waals surface area contributed by atoms with Crippen LogP contribution in [0, 0.1) is 0 Å². The van der Waals surface area contributed by atoms with Gasteiger partial charge in [0.15, 0.2) is 5.58 Å². The molecule has 1 aliphatic heterocycles. The van der Waals surface area contributed by atoms with Gasteiger partial charge in [-0.25, -0.2) is 0 Å². The Morgan fingerprint density at radius 1 is 0.905 bits per heavy atom. The van der Waals surface area contributed by atoms with Gasteiger partial charge < -0.3 is 4.52 Å². The van der Waals surface area contributed by atoms with Crippen LogP contribution < -0.4 is 0 Å². The molecule has 0 spiro atoms. The smallest absolute Gasteiger partial charge is 0.261 e. The topological polar surface area (TPSA) is 63.4 Å². The van der Waals surface area contributed by atoms with Gasteiger partial charge in [-0.15, -0.1) is 0 Å². The molecule has 2 heterocycles. The first-order chi connectivity index (χ1) is 10.3. The van der Waals surface area contributed by atoms with Gasteiger partial charge in [-0.3, -0.25) is 14.5 Å². The number of para-hydroxylation sites is 1. The number of fused-ring (bicyclic) bond motifs is 2. The summed E-state index contributed by atoms with van der Waals surface area (Å²) in [5.41, 5.74) is 2.11. The van der Waals surface area contributed by atoms with Gasteiger partial charge in [0.25, 0.3) is 11.8 Å². The number of imide groups is 1. The van der Waals surface area contributed by atoms with Crippen molar-refractivity contribution in [3.8, 4) is 0 Å². The zero-order valence-electron chi connectivity index (χ0n) is 10.9. The van der Waals surface area contributed by atoms with E-state index in [0.717, 1.165) is 5.39 Å². The third kappa shape index (κ3) is 1.67. The Hall–Kier alpha value is -2.95. The number of amides is 2. The van der Waals surface area contributed by atoms with Gasteiger partial charge in [0, 0.05) is 5.39 Å². The van der Waals surface area contributed by atoms with Crippen LogP contribution in [0.1, 0.15) is 26.4 Å². The van der Waals surface area contributed by atoms with Crippen LogP contribution in [0.2, 0.25) is 0 Å². The summed E-state index contributed by atoms with van der Waals surface area (Å²) in [7, 11) is 0. The molecule has 1 aliphatic rings. The summed E-state index contributed by atoms with van der Waals surface area (Å²) >= 11 is 0. The number of hydrogen-bond acceptors (Lipinski definition) is 4. The number of aromatic nitrogens is 1. The monoisotopic (exact) mass is 278 g/mol. The van der Waals surface area contributed by atoms with Crippen molar-refractivity contribution in [2.24, 2.45) is 0 Å². The summed E-state index contributed by atoms with van der Waals surface area (Å²) in [6.45, 7) is 0.114. The minimum Gasteiger partial charge on any atom is -0.356 e. The summed E-state index contributed by atoms with van der Waals surface area (Å²) in [6, 6.07) is 14.2. The number of carbonyl (C=O) groups excluding carboxylic acids is 2. The molecule has 2 aromatic carbocycles. The Morgan fingerprint density at radius 3 is 2.24 bits per heavy atom. The van der Waals surface area contributed by atoms with Crippen LogP contribution in [0.5, 0.6) is 0 Å². The molecule has 0 aliphatic carbocycles. The first-order valence-electron chi connectivity index (χ1n) is 6.54. The molecule has 102 valence electrons. The molecule has 0 atom stereocenters. The molecule has 5 heteroatoms. The van der Waals surface area contributed by atoms with E-state index < -0.39 is 0 Å². The number of carbonyl (C=O) groups is 2. The van der Waals surface area contributed by atoms with E-state index in [2.05, 4.69) is 5.16 Å². The Balaban J connectivity index is 1.73. The van der Waals surface area contributed by atoms with Crippen LogP contribution >= 0.6 is 0 Å². The molecule has 0 saturated carbocycles. The lowest BCUT2D eigenvalue weighted by atomic mass is 10.1. The summed E-state index contributed by atoms with van der Waals surface area (Å²) in [6.07, 6.45) is 0. The van der Waals surface area contributed by atoms with Crippen molar-refractivity contribution in [2.45, 2.75) is 6.54 Å². The van der Waals surface area contributed by atoms with Gasteiger partial charge in [0.1, 0.15) is 5.69 Å². The summed E-state index contributed by atoms with van der Waals surface area (Å²) in [5, 5.41) is 4.78. The van der Waals surface area contributed by atoms with Crippen molar-refractivity contribution < 1.29 is 14.1 Å². The molecule has 21 heavy (non-hydrogen) atoms. The molecule has 1 aromatic heterocycles. The van der Waals surface area contributed by atoms with Gasteiger partial charge in [0.05, 0.1) is 17.7 Å². The van der Waals surface area contributed by atoms with Gasteiger partial charge in [-0.2, -0.15) is 0 Å². The van der Waals surface area contributed by atoms with Crippen molar-refractivity contribution in [3.05, 3.63) is 65.4 Å². The Morgan fingerprint density at radius 2 is 1.52 bits per heavy atom. The molecule has 4 rings (SSSR count). The van der Waals surface area contributed by atoms with Crippen molar-refractivity contribution in [1.29, 1.82) is 0 Å². The number of benzene rings is 2. The molecule has 0 bridgehead atoms. The first-order valence-corrected chi connectivity index (χ1v) is 6.54. The van der Waals surface area contributed by atoms with Crippen molar-refractivity contribution in [1.82, 2.24) is 10.1 Å². The lowest BCUT2D eigenvalue weighted by Gasteiger charge is -2.11. The van der Waals surface area contributed by atoms with Crippen LogP contribution in [-0.4, -0.2) is 21.9 Å². The standard InChI is InChI=1S/C16H10N2O3/c19-15-10-5-1-2-6-11(10)16(20)18(15)9-13-12-7-3-4-8-14(12)21-17-13/h1-8H,9H2. The molecule has 0 N–H and O–H groups in total. The van der Waals surface area contributed by atoms with Crippen molar-refractivity contribution in [3.63, 3.8) is 0 Å². The maximum absolute atomic E-state index is 12.3. The summed E-state index contributed by atoms with van der Waals surface area (Å²) < 4.78 is 5.21. The molecule has 0 saturated heterocycles. The van der Waals surface area contributed by atoms with Gasteiger partial charge >= 0.3 is 0 Å². The highest BCUT2D eigenvalue weighted by Crippen LogP contribution is 2.26. The van der Waals surface area contributed by atoms with Gasteiger partial charge in [0.2, 0.25) is 0 Å². The fourth-order valence-corrected chi connectivity index (χ4v) is 2.58. The molecule has 0 unspecified atom stereocenters. The van der Waals surface area contributed by atoms with Crippen LogP contribution in [0.4, 0.5) is 0 Å². The zero-order valence-corrected chi connectivity index (χ0v) is 10.9. The second kappa shape index (κ2) is 4.28. The molecule has 0 radical (unpaired) electrons. The maximum Gasteiger partial charge on any atom is 0.261 e. The quantitative estimate of drug-likeness (QED) is 0.676. The molecular formula is C16H10N2O3. The van der Waals surface area contributed by atoms with Crippen molar-refractivity contribution >= 4 is 22.8 Å². The highest BCUT2D eigenvalue weighted by atomic mass is 16.5. The molecule has 3 aromatic rings. The number of hydrogen-bond donors (Lipinski definition) is 0. The van der Waals surface area contributed by atoms with E-state index in [4.69, 9.17) is 4.52 Å². The van der Waals surface area contributed by atoms with E-state index in [1.807, 2.05) is 18.2 Å². The molecule has 0 fully saturated rings. The van der Waals surface area contributed by atoms with Gasteiger partial charge in [-0.1, -0.05) is 29.4 Å². The van der Waals surface area contributed by atoms with E-state index in [1.165, 1.54) is 4.90 Å². The third-order valence-corrected chi connectivity index (χ3v) is 3.64. The predicted octanol–water partition coefficient (Wildman–Crippen LogP) is 2.62. The lowest BCUT2D eigenvalue weighted by molar-refractivity contribution is 0.0640. The van der Waals surface area contributed by atoms with E-state index in [-0.39, 0.29) is 18.4 Å². The molecular weight excluding hydrogens is 268 g/mol. The second-order valence-electron chi connectivity index (χ2n) is 4.87. The SMILES string of the molecule is O=C1c2ccccc2C(=O)N1Cc1noc2ccccc12. The van der Waals surface area contributed by atoms with E-state index >= 15 is 0 Å². The summed E-state index contributed by atoms with van der Waals surface area (Å²) in [5.74, 6) is -0.578. The number of rotatable bonds is 2. The van der Waals surface area contributed by atoms with E-state index in [9.17, 15) is 9.59 Å². The predicted molar refractivity (Wildman–Crippen MR) is 74.7 cm³/mol. The largest absolute Gasteiger partial charge is 0.356 e. The maximum atomic E-state index is 12.3. The Bertz CT molecular complexity index is 847. The zero-order chi connectivity index (χ0) is 14.4. The molecule has 5 nitrogen and oxygen atoms in total. The Kier molecular flexibility index (Phi) is 2.41. The normalized spacial score (nSPS) is 14.0. The first kappa shape index (κ1) is 11.8. The molecule has 2 amide bonds. The minimum absolute atomic E-state index is 0.114. The third-order valence-electron chi connectivity index (χ3n) is 3.64. The second-order valence-corrected chi connectivity index (χ2v) is 4.87. The van der Waals surface area contributed by atoms with E-state index in [0.29, 0.717) is 22.4 Å². The van der Waals surface area contributed by atoms with Crippen molar-refractivity contribution in [2.75, 3.05) is 0 Å². The van der Waals surface area contributed by atoms with Crippen LogP contribution in [0.25, 0.3) is 11.0 Å². The Labute approximate surface area is 119 Å². The van der Waals surface area contributed by atoms with Crippen LogP contribution in [0.3, 0.4) is 0 Å². The van der Waals surface area contributed by atoms with Crippen LogP contribution in [0.15, 0.2) is 53.1 Å². The fourth-order valence-electron chi connectivity index (χ4n) is 2.58. The average molecular weight is 278 g/mol.